The van der Waals surface area contributed by atoms with Gasteiger partial charge >= 0.3 is 5.97 Å². The minimum atomic E-state index is -0.582. The van der Waals surface area contributed by atoms with Gasteiger partial charge in [-0.1, -0.05) is 36.4 Å². The molecule has 7 nitrogen and oxygen atoms in total. The number of esters is 1. The summed E-state index contributed by atoms with van der Waals surface area (Å²) < 4.78 is 26.3. The molecule has 2 aromatic carbocycles. The van der Waals surface area contributed by atoms with Crippen molar-refractivity contribution in [2.75, 3.05) is 14.2 Å². The number of carbonyl (C=O) groups excluding carboxylic acids is 1. The summed E-state index contributed by atoms with van der Waals surface area (Å²) in [6.07, 6.45) is 4.07. The smallest absolute Gasteiger partial charge is 0.331 e. The van der Waals surface area contributed by atoms with Gasteiger partial charge in [-0.3, -0.25) is 4.79 Å². The third kappa shape index (κ3) is 6.24. The number of hydrogen-bond donors (Lipinski definition) is 0. The zero-order valence-corrected chi connectivity index (χ0v) is 17.2. The van der Waals surface area contributed by atoms with Crippen LogP contribution in [-0.2, 0) is 22.7 Å². The molecule has 31 heavy (non-hydrogen) atoms. The van der Waals surface area contributed by atoms with Crippen molar-refractivity contribution >= 4 is 12.0 Å². The van der Waals surface area contributed by atoms with Crippen molar-refractivity contribution in [1.29, 1.82) is 0 Å². The van der Waals surface area contributed by atoms with Crippen LogP contribution in [0.1, 0.15) is 16.9 Å². The summed E-state index contributed by atoms with van der Waals surface area (Å²) in [4.78, 5) is 24.1. The highest BCUT2D eigenvalue weighted by Crippen LogP contribution is 2.27. The van der Waals surface area contributed by atoms with Crippen molar-refractivity contribution in [3.8, 4) is 17.2 Å². The zero-order chi connectivity index (χ0) is 22.1. The molecule has 1 heterocycles. The van der Waals surface area contributed by atoms with Crippen LogP contribution in [0.4, 0.5) is 0 Å². The standard InChI is InChI=1S/C24H22O7/c1-27-21-10-8-17(12-22(21)28-2)9-11-24(26)31-15-19-13-20(25)23(16-29-19)30-14-18-6-4-3-5-7-18/h3-13,16H,14-15H2,1-2H3/b11-9+. The molecule has 0 radical (unpaired) electrons. The highest BCUT2D eigenvalue weighted by atomic mass is 16.5. The number of rotatable bonds is 9. The maximum atomic E-state index is 12.2. The molecule has 0 atom stereocenters. The van der Waals surface area contributed by atoms with Crippen LogP contribution < -0.4 is 19.6 Å². The van der Waals surface area contributed by atoms with Crippen LogP contribution >= 0.6 is 0 Å². The van der Waals surface area contributed by atoms with Gasteiger partial charge < -0.3 is 23.4 Å². The first-order valence-electron chi connectivity index (χ1n) is 9.44. The molecule has 0 spiro atoms. The van der Waals surface area contributed by atoms with Gasteiger partial charge in [-0.05, 0) is 29.3 Å². The van der Waals surface area contributed by atoms with Gasteiger partial charge in [0.15, 0.2) is 11.5 Å². The van der Waals surface area contributed by atoms with Crippen LogP contribution in [-0.4, -0.2) is 20.2 Å². The summed E-state index contributed by atoms with van der Waals surface area (Å²) in [5.41, 5.74) is 1.32. The monoisotopic (exact) mass is 422 g/mol. The van der Waals surface area contributed by atoms with E-state index in [0.717, 1.165) is 11.1 Å². The van der Waals surface area contributed by atoms with E-state index >= 15 is 0 Å². The molecule has 3 rings (SSSR count). The molecule has 0 N–H and O–H groups in total. The second kappa shape index (κ2) is 10.7. The second-order valence-electron chi connectivity index (χ2n) is 6.40. The Labute approximate surface area is 179 Å². The van der Waals surface area contributed by atoms with Crippen LogP contribution in [0.2, 0.25) is 0 Å². The highest BCUT2D eigenvalue weighted by molar-refractivity contribution is 5.87. The van der Waals surface area contributed by atoms with E-state index in [4.69, 9.17) is 23.4 Å². The van der Waals surface area contributed by atoms with Crippen molar-refractivity contribution in [1.82, 2.24) is 0 Å². The first kappa shape index (κ1) is 21.7. The fraction of sp³-hybridized carbons (Fsp3) is 0.167. The Hall–Kier alpha value is -4.00. The number of hydrogen-bond acceptors (Lipinski definition) is 7. The highest BCUT2D eigenvalue weighted by Gasteiger charge is 2.08. The lowest BCUT2D eigenvalue weighted by Gasteiger charge is -2.07. The molecule has 7 heteroatoms. The van der Waals surface area contributed by atoms with Gasteiger partial charge in [0.2, 0.25) is 11.2 Å². The molecule has 0 bridgehead atoms. The van der Waals surface area contributed by atoms with Crippen molar-refractivity contribution in [2.45, 2.75) is 13.2 Å². The maximum absolute atomic E-state index is 12.2. The van der Waals surface area contributed by atoms with Crippen LogP contribution in [0.3, 0.4) is 0 Å². The van der Waals surface area contributed by atoms with E-state index in [0.29, 0.717) is 11.5 Å². The van der Waals surface area contributed by atoms with Crippen molar-refractivity contribution in [3.63, 3.8) is 0 Å². The number of ether oxygens (including phenoxy) is 4. The first-order valence-corrected chi connectivity index (χ1v) is 9.44. The van der Waals surface area contributed by atoms with E-state index in [2.05, 4.69) is 0 Å². The third-order valence-electron chi connectivity index (χ3n) is 4.27. The molecule has 0 amide bonds. The Morgan fingerprint density at radius 2 is 1.71 bits per heavy atom. The summed E-state index contributed by atoms with van der Waals surface area (Å²) in [5, 5.41) is 0. The zero-order valence-electron chi connectivity index (χ0n) is 17.2. The third-order valence-corrected chi connectivity index (χ3v) is 4.27. The van der Waals surface area contributed by atoms with Gasteiger partial charge in [0.05, 0.1) is 14.2 Å². The van der Waals surface area contributed by atoms with Crippen molar-refractivity contribution in [2.24, 2.45) is 0 Å². The number of carbonyl (C=O) groups is 1. The molecular weight excluding hydrogens is 400 g/mol. The average molecular weight is 422 g/mol. The van der Waals surface area contributed by atoms with Gasteiger partial charge in [-0.15, -0.1) is 0 Å². The lowest BCUT2D eigenvalue weighted by Crippen LogP contribution is -2.09. The molecule has 0 fully saturated rings. The van der Waals surface area contributed by atoms with Gasteiger partial charge in [0.1, 0.15) is 25.2 Å². The summed E-state index contributed by atoms with van der Waals surface area (Å²) in [5.74, 6) is 0.863. The topological polar surface area (TPSA) is 84.2 Å². The Balaban J connectivity index is 1.53. The van der Waals surface area contributed by atoms with E-state index in [1.54, 1.807) is 31.4 Å². The van der Waals surface area contributed by atoms with Crippen LogP contribution in [0, 0.1) is 0 Å². The predicted octanol–water partition coefficient (Wildman–Crippen LogP) is 3.99. The van der Waals surface area contributed by atoms with Gasteiger partial charge in [-0.25, -0.2) is 4.79 Å². The quantitative estimate of drug-likeness (QED) is 0.381. The SMILES string of the molecule is COc1ccc(/C=C/C(=O)OCc2cc(=O)c(OCc3ccccc3)co2)cc1OC. The minimum Gasteiger partial charge on any atom is -0.493 e. The first-order chi connectivity index (χ1) is 15.1. The van der Waals surface area contributed by atoms with Crippen molar-refractivity contribution in [3.05, 3.63) is 94.0 Å². The van der Waals surface area contributed by atoms with E-state index in [-0.39, 0.29) is 30.2 Å². The summed E-state index contributed by atoms with van der Waals surface area (Å²) in [6.45, 7) is 0.0736. The van der Waals surface area contributed by atoms with Crippen LogP contribution in [0.25, 0.3) is 6.08 Å². The normalized spacial score (nSPS) is 10.6. The summed E-state index contributed by atoms with van der Waals surface area (Å²) in [7, 11) is 3.08. The molecule has 0 unspecified atom stereocenters. The Morgan fingerprint density at radius 1 is 0.935 bits per heavy atom. The largest absolute Gasteiger partial charge is 0.493 e. The summed E-state index contributed by atoms with van der Waals surface area (Å²) >= 11 is 0. The molecular formula is C24H22O7. The Kier molecular flexibility index (Phi) is 7.48. The Bertz CT molecular complexity index is 1100. The second-order valence-corrected chi connectivity index (χ2v) is 6.40. The van der Waals surface area contributed by atoms with Gasteiger partial charge in [-0.2, -0.15) is 0 Å². The van der Waals surface area contributed by atoms with Gasteiger partial charge in [0, 0.05) is 12.1 Å². The fourth-order valence-electron chi connectivity index (χ4n) is 2.67. The summed E-state index contributed by atoms with van der Waals surface area (Å²) in [6, 6.07) is 15.9. The molecule has 0 aliphatic carbocycles. The predicted molar refractivity (Wildman–Crippen MR) is 114 cm³/mol. The van der Waals surface area contributed by atoms with Crippen LogP contribution in [0.5, 0.6) is 17.2 Å². The molecule has 1 aromatic heterocycles. The number of methoxy groups -OCH3 is 2. The lowest BCUT2D eigenvalue weighted by atomic mass is 10.2. The minimum absolute atomic E-state index is 0.0901. The average Bonchev–Trinajstić information content (AvgIpc) is 2.81. The van der Waals surface area contributed by atoms with E-state index in [9.17, 15) is 9.59 Å². The fourth-order valence-corrected chi connectivity index (χ4v) is 2.67. The molecule has 0 aliphatic rings. The molecule has 3 aromatic rings. The Morgan fingerprint density at radius 3 is 2.42 bits per heavy atom. The van der Waals surface area contributed by atoms with Gasteiger partial charge in [0.25, 0.3) is 0 Å². The van der Waals surface area contributed by atoms with E-state index in [1.165, 1.54) is 25.5 Å². The van der Waals surface area contributed by atoms with Crippen LogP contribution in [0.15, 0.2) is 76.1 Å². The molecule has 0 aliphatic heterocycles. The molecule has 0 saturated heterocycles. The van der Waals surface area contributed by atoms with E-state index < -0.39 is 5.97 Å². The molecule has 160 valence electrons. The lowest BCUT2D eigenvalue weighted by molar-refractivity contribution is -0.139. The number of benzene rings is 2. The maximum Gasteiger partial charge on any atom is 0.331 e. The van der Waals surface area contributed by atoms with E-state index in [1.807, 2.05) is 30.3 Å². The molecule has 0 saturated carbocycles. The van der Waals surface area contributed by atoms with Crippen molar-refractivity contribution < 1.29 is 28.2 Å².